The van der Waals surface area contributed by atoms with E-state index >= 15 is 0 Å². The average molecular weight is 382 g/mol. The molecule has 3 rings (SSSR count). The highest BCUT2D eigenvalue weighted by atomic mass is 79.9. The van der Waals surface area contributed by atoms with E-state index in [9.17, 15) is 9.59 Å². The highest BCUT2D eigenvalue weighted by molar-refractivity contribution is 9.10. The molecule has 1 amide bonds. The number of hydrogen-bond acceptors (Lipinski definition) is 3. The number of aliphatic carboxylic acids is 1. The zero-order chi connectivity index (χ0) is 16.6. The highest BCUT2D eigenvalue weighted by Gasteiger charge is 2.59. The maximum absolute atomic E-state index is 12.5. The molecule has 1 spiro atoms. The predicted molar refractivity (Wildman–Crippen MR) is 88.4 cm³/mol. The summed E-state index contributed by atoms with van der Waals surface area (Å²) >= 11 is 3.42. The van der Waals surface area contributed by atoms with Gasteiger partial charge in [0.15, 0.2) is 0 Å². The lowest BCUT2D eigenvalue weighted by Gasteiger charge is -2.32. The molecule has 1 saturated carbocycles. The van der Waals surface area contributed by atoms with Gasteiger partial charge in [0.05, 0.1) is 19.4 Å². The van der Waals surface area contributed by atoms with Gasteiger partial charge >= 0.3 is 5.97 Å². The fourth-order valence-electron chi connectivity index (χ4n) is 3.61. The molecule has 0 aromatic heterocycles. The minimum atomic E-state index is -0.691. The van der Waals surface area contributed by atoms with Gasteiger partial charge in [-0.15, -0.1) is 0 Å². The average Bonchev–Trinajstić information content (AvgIpc) is 3.22. The largest absolute Gasteiger partial charge is 0.496 e. The maximum atomic E-state index is 12.5. The van der Waals surface area contributed by atoms with Crippen molar-refractivity contribution in [2.45, 2.75) is 25.7 Å². The number of carboxylic acids is 1. The molecule has 23 heavy (non-hydrogen) atoms. The standard InChI is InChI=1S/C17H20BrNO4/c1-23-14-3-2-12(18)8-11(14)9-15(20)19-6-4-17(5-7-19)10-13(17)16(21)22/h2-3,8,13H,4-7,9-10H2,1H3,(H,21,22). The monoisotopic (exact) mass is 381 g/mol. The molecule has 2 fully saturated rings. The summed E-state index contributed by atoms with van der Waals surface area (Å²) in [6, 6.07) is 5.64. The predicted octanol–water partition coefficient (Wildman–Crippen LogP) is 2.71. The van der Waals surface area contributed by atoms with Crippen LogP contribution in [0.25, 0.3) is 0 Å². The van der Waals surface area contributed by atoms with Crippen LogP contribution >= 0.6 is 15.9 Å². The molecule has 124 valence electrons. The third-order valence-electron chi connectivity index (χ3n) is 5.18. The molecule has 1 heterocycles. The lowest BCUT2D eigenvalue weighted by atomic mass is 9.90. The van der Waals surface area contributed by atoms with E-state index in [0.29, 0.717) is 25.3 Å². The highest BCUT2D eigenvalue weighted by Crippen LogP contribution is 2.59. The first kappa shape index (κ1) is 16.3. The summed E-state index contributed by atoms with van der Waals surface area (Å²) in [6.45, 7) is 1.30. The third kappa shape index (κ3) is 3.22. The second kappa shape index (κ2) is 6.15. The van der Waals surface area contributed by atoms with Gasteiger partial charge in [-0.3, -0.25) is 9.59 Å². The second-order valence-electron chi connectivity index (χ2n) is 6.47. The van der Waals surface area contributed by atoms with Crippen molar-refractivity contribution in [1.29, 1.82) is 0 Å². The van der Waals surface area contributed by atoms with E-state index in [0.717, 1.165) is 29.3 Å². The summed E-state index contributed by atoms with van der Waals surface area (Å²) < 4.78 is 6.23. The molecule has 1 aromatic rings. The molecule has 6 heteroatoms. The lowest BCUT2D eigenvalue weighted by Crippen LogP contribution is -2.40. The van der Waals surface area contributed by atoms with Gasteiger partial charge in [0, 0.05) is 23.1 Å². The van der Waals surface area contributed by atoms with Gasteiger partial charge in [0.2, 0.25) is 5.91 Å². The van der Waals surface area contributed by atoms with Crippen LogP contribution in [0.3, 0.4) is 0 Å². The van der Waals surface area contributed by atoms with Crippen LogP contribution < -0.4 is 4.74 Å². The van der Waals surface area contributed by atoms with E-state index in [-0.39, 0.29) is 17.2 Å². The van der Waals surface area contributed by atoms with Crippen molar-refractivity contribution in [2.75, 3.05) is 20.2 Å². The Kier molecular flexibility index (Phi) is 4.36. The fourth-order valence-corrected chi connectivity index (χ4v) is 4.02. The Labute approximate surface area is 143 Å². The number of nitrogens with zero attached hydrogens (tertiary/aromatic N) is 1. The molecule has 1 unspecified atom stereocenters. The number of carbonyl (C=O) groups excluding carboxylic acids is 1. The molecule has 1 aromatic carbocycles. The number of carbonyl (C=O) groups is 2. The van der Waals surface area contributed by atoms with Gasteiger partial charge in [-0.05, 0) is 42.9 Å². The van der Waals surface area contributed by atoms with Crippen LogP contribution in [0.1, 0.15) is 24.8 Å². The molecule has 0 radical (unpaired) electrons. The summed E-state index contributed by atoms with van der Waals surface area (Å²) in [6.07, 6.45) is 2.67. The molecular weight excluding hydrogens is 362 g/mol. The third-order valence-corrected chi connectivity index (χ3v) is 5.68. The van der Waals surface area contributed by atoms with Gasteiger partial charge in [-0.1, -0.05) is 15.9 Å². The van der Waals surface area contributed by atoms with Crippen molar-refractivity contribution in [3.05, 3.63) is 28.2 Å². The minimum Gasteiger partial charge on any atom is -0.496 e. The van der Waals surface area contributed by atoms with Crippen molar-refractivity contribution in [1.82, 2.24) is 4.90 Å². The van der Waals surface area contributed by atoms with Crippen molar-refractivity contribution >= 4 is 27.8 Å². The number of benzene rings is 1. The number of rotatable bonds is 4. The van der Waals surface area contributed by atoms with Crippen LogP contribution in [0.4, 0.5) is 0 Å². The number of hydrogen-bond donors (Lipinski definition) is 1. The summed E-state index contributed by atoms with van der Waals surface area (Å²) in [7, 11) is 1.60. The maximum Gasteiger partial charge on any atom is 0.307 e. The molecular formula is C17H20BrNO4. The quantitative estimate of drug-likeness (QED) is 0.870. The van der Waals surface area contributed by atoms with Gasteiger partial charge in [0.1, 0.15) is 5.75 Å². The molecule has 1 aliphatic heterocycles. The van der Waals surface area contributed by atoms with Gasteiger partial charge < -0.3 is 14.7 Å². The van der Waals surface area contributed by atoms with Gasteiger partial charge in [0.25, 0.3) is 0 Å². The summed E-state index contributed by atoms with van der Waals surface area (Å²) in [5, 5.41) is 9.13. The Bertz CT molecular complexity index is 637. The SMILES string of the molecule is COc1ccc(Br)cc1CC(=O)N1CCC2(CC1)CC2C(=O)O. The Morgan fingerprint density at radius 1 is 1.39 bits per heavy atom. The van der Waals surface area contributed by atoms with E-state index in [2.05, 4.69) is 15.9 Å². The molecule has 1 N–H and O–H groups in total. The molecule has 1 saturated heterocycles. The van der Waals surface area contributed by atoms with Crippen molar-refractivity contribution < 1.29 is 19.4 Å². The van der Waals surface area contributed by atoms with Crippen molar-refractivity contribution in [2.24, 2.45) is 11.3 Å². The van der Waals surface area contributed by atoms with E-state index in [4.69, 9.17) is 9.84 Å². The molecule has 1 atom stereocenters. The number of piperidine rings is 1. The van der Waals surface area contributed by atoms with Crippen LogP contribution in [-0.2, 0) is 16.0 Å². The number of ether oxygens (including phenoxy) is 1. The molecule has 5 nitrogen and oxygen atoms in total. The number of halogens is 1. The van der Waals surface area contributed by atoms with Crippen LogP contribution in [0.5, 0.6) is 5.75 Å². The lowest BCUT2D eigenvalue weighted by molar-refractivity contribution is -0.139. The smallest absolute Gasteiger partial charge is 0.307 e. The fraction of sp³-hybridized carbons (Fsp3) is 0.529. The first-order chi connectivity index (χ1) is 10.9. The van der Waals surface area contributed by atoms with E-state index in [1.807, 2.05) is 23.1 Å². The summed E-state index contributed by atoms with van der Waals surface area (Å²) in [5.74, 6) is -0.111. The second-order valence-corrected chi connectivity index (χ2v) is 7.39. The summed E-state index contributed by atoms with van der Waals surface area (Å²) in [4.78, 5) is 25.5. The number of methoxy groups -OCH3 is 1. The number of likely N-dealkylation sites (tertiary alicyclic amines) is 1. The van der Waals surface area contributed by atoms with Crippen LogP contribution in [0, 0.1) is 11.3 Å². The first-order valence-corrected chi connectivity index (χ1v) is 8.57. The Hall–Kier alpha value is -1.56. The zero-order valence-electron chi connectivity index (χ0n) is 13.0. The van der Waals surface area contributed by atoms with Crippen LogP contribution in [0.2, 0.25) is 0 Å². The normalized spacial score (nSPS) is 22.0. The zero-order valence-corrected chi connectivity index (χ0v) is 14.6. The molecule has 0 bridgehead atoms. The van der Waals surface area contributed by atoms with E-state index in [1.54, 1.807) is 7.11 Å². The van der Waals surface area contributed by atoms with Crippen LogP contribution in [0.15, 0.2) is 22.7 Å². The Balaban J connectivity index is 1.60. The van der Waals surface area contributed by atoms with Crippen molar-refractivity contribution in [3.63, 3.8) is 0 Å². The van der Waals surface area contributed by atoms with Crippen LogP contribution in [-0.4, -0.2) is 42.1 Å². The van der Waals surface area contributed by atoms with E-state index < -0.39 is 5.97 Å². The first-order valence-electron chi connectivity index (χ1n) is 7.78. The number of carboxylic acid groups (broad SMARTS) is 1. The topological polar surface area (TPSA) is 66.8 Å². The Morgan fingerprint density at radius 3 is 2.65 bits per heavy atom. The van der Waals surface area contributed by atoms with Gasteiger partial charge in [-0.2, -0.15) is 0 Å². The number of amides is 1. The Morgan fingerprint density at radius 2 is 2.09 bits per heavy atom. The van der Waals surface area contributed by atoms with Crippen molar-refractivity contribution in [3.8, 4) is 5.75 Å². The molecule has 2 aliphatic rings. The molecule has 1 aliphatic carbocycles. The summed E-state index contributed by atoms with van der Waals surface area (Å²) in [5.41, 5.74) is 0.817. The van der Waals surface area contributed by atoms with E-state index in [1.165, 1.54) is 0 Å². The minimum absolute atomic E-state index is 0.0456. The van der Waals surface area contributed by atoms with Gasteiger partial charge in [-0.25, -0.2) is 0 Å².